The van der Waals surface area contributed by atoms with Gasteiger partial charge in [0, 0.05) is 18.4 Å². The van der Waals surface area contributed by atoms with Crippen molar-refractivity contribution in [3.8, 4) is 0 Å². The first-order valence-corrected chi connectivity index (χ1v) is 11.3. The number of thioether (sulfide) groups is 1. The van der Waals surface area contributed by atoms with E-state index in [9.17, 15) is 14.0 Å². The average Bonchev–Trinajstić information content (AvgIpc) is 3.35. The van der Waals surface area contributed by atoms with Crippen LogP contribution in [0.25, 0.3) is 10.2 Å². The van der Waals surface area contributed by atoms with Crippen LogP contribution in [0.3, 0.4) is 0 Å². The fourth-order valence-corrected chi connectivity index (χ4v) is 4.72. The molecule has 0 atom stereocenters. The second kappa shape index (κ2) is 9.32. The summed E-state index contributed by atoms with van der Waals surface area (Å²) in [5.41, 5.74) is 1.97. The van der Waals surface area contributed by atoms with Gasteiger partial charge in [-0.1, -0.05) is 29.5 Å². The van der Waals surface area contributed by atoms with Gasteiger partial charge in [0.05, 0.1) is 16.0 Å². The molecular weight excluding hydrogens is 437 g/mol. The third-order valence-electron chi connectivity index (χ3n) is 4.27. The Labute approximate surface area is 185 Å². The van der Waals surface area contributed by atoms with Crippen molar-refractivity contribution in [3.63, 3.8) is 0 Å². The maximum atomic E-state index is 13.7. The molecule has 2 heterocycles. The molecule has 31 heavy (non-hydrogen) atoms. The zero-order chi connectivity index (χ0) is 21.8. The van der Waals surface area contributed by atoms with Crippen molar-refractivity contribution in [2.75, 3.05) is 10.6 Å². The molecule has 0 radical (unpaired) electrons. The summed E-state index contributed by atoms with van der Waals surface area (Å²) in [6.45, 7) is 1.42. The predicted molar refractivity (Wildman–Crippen MR) is 122 cm³/mol. The van der Waals surface area contributed by atoms with Gasteiger partial charge in [-0.3, -0.25) is 9.59 Å². The zero-order valence-electron chi connectivity index (χ0n) is 16.5. The number of aromatic nitrogens is 1. The van der Waals surface area contributed by atoms with Gasteiger partial charge in [-0.25, -0.2) is 9.37 Å². The van der Waals surface area contributed by atoms with Gasteiger partial charge in [-0.05, 0) is 42.0 Å². The number of hydrogen-bond acceptors (Lipinski definition) is 6. The highest BCUT2D eigenvalue weighted by molar-refractivity contribution is 7.97. The third kappa shape index (κ3) is 5.31. The van der Waals surface area contributed by atoms with Crippen LogP contribution >= 0.6 is 23.1 Å². The number of nitrogens with one attached hydrogen (secondary N) is 2. The van der Waals surface area contributed by atoms with Crippen LogP contribution in [-0.2, 0) is 16.3 Å². The standard InChI is InChI=1S/C22H18FN3O3S2/c1-13(27)24-22-26-18-8-6-15(10-20(18)31-22)25-21(28)19-9-7-16(29-19)12-30-11-14-4-2-3-5-17(14)23/h2-10H,11-12H2,1H3,(H,25,28)(H,24,26,27). The van der Waals surface area contributed by atoms with E-state index in [0.717, 1.165) is 10.2 Å². The van der Waals surface area contributed by atoms with Crippen LogP contribution in [0.15, 0.2) is 59.0 Å². The van der Waals surface area contributed by atoms with Gasteiger partial charge >= 0.3 is 0 Å². The van der Waals surface area contributed by atoms with Crippen LogP contribution in [-0.4, -0.2) is 16.8 Å². The Morgan fingerprint density at radius 2 is 1.94 bits per heavy atom. The number of thiazole rings is 1. The lowest BCUT2D eigenvalue weighted by atomic mass is 10.2. The van der Waals surface area contributed by atoms with Crippen LogP contribution in [0.4, 0.5) is 15.2 Å². The van der Waals surface area contributed by atoms with Gasteiger partial charge in [0.1, 0.15) is 11.6 Å². The Morgan fingerprint density at radius 3 is 2.74 bits per heavy atom. The highest BCUT2D eigenvalue weighted by atomic mass is 32.2. The molecule has 2 amide bonds. The second-order valence-electron chi connectivity index (χ2n) is 6.69. The molecular formula is C22H18FN3O3S2. The number of amides is 2. The molecule has 0 spiro atoms. The van der Waals surface area contributed by atoms with E-state index in [1.165, 1.54) is 36.1 Å². The molecule has 0 aliphatic carbocycles. The number of hydrogen-bond donors (Lipinski definition) is 2. The van der Waals surface area contributed by atoms with Crippen molar-refractivity contribution >= 4 is 55.9 Å². The molecule has 0 aliphatic heterocycles. The van der Waals surface area contributed by atoms with E-state index >= 15 is 0 Å². The molecule has 2 N–H and O–H groups in total. The molecule has 0 saturated carbocycles. The molecule has 0 bridgehead atoms. The zero-order valence-corrected chi connectivity index (χ0v) is 18.1. The summed E-state index contributed by atoms with van der Waals surface area (Å²) in [5, 5.41) is 5.97. The highest BCUT2D eigenvalue weighted by Gasteiger charge is 2.13. The van der Waals surface area contributed by atoms with Crippen molar-refractivity contribution in [3.05, 3.63) is 77.5 Å². The van der Waals surface area contributed by atoms with Gasteiger partial charge in [0.2, 0.25) is 5.91 Å². The summed E-state index contributed by atoms with van der Waals surface area (Å²) in [6, 6.07) is 15.3. The van der Waals surface area contributed by atoms with E-state index in [1.54, 1.807) is 48.5 Å². The van der Waals surface area contributed by atoms with E-state index in [0.29, 0.717) is 33.6 Å². The Hall–Kier alpha value is -3.17. The summed E-state index contributed by atoms with van der Waals surface area (Å²) in [6.07, 6.45) is 0. The SMILES string of the molecule is CC(=O)Nc1nc2ccc(NC(=O)c3ccc(CSCc4ccccc4F)o3)cc2s1. The monoisotopic (exact) mass is 455 g/mol. The van der Waals surface area contributed by atoms with E-state index in [1.807, 2.05) is 0 Å². The number of rotatable bonds is 7. The van der Waals surface area contributed by atoms with Gasteiger partial charge in [-0.15, -0.1) is 11.8 Å². The number of fused-ring (bicyclic) bond motifs is 1. The fourth-order valence-electron chi connectivity index (χ4n) is 2.85. The minimum atomic E-state index is -0.365. The molecule has 9 heteroatoms. The van der Waals surface area contributed by atoms with Crippen molar-refractivity contribution in [2.24, 2.45) is 0 Å². The van der Waals surface area contributed by atoms with Crippen molar-refractivity contribution in [2.45, 2.75) is 18.4 Å². The lowest BCUT2D eigenvalue weighted by molar-refractivity contribution is -0.114. The Balaban J connectivity index is 1.36. The molecule has 0 aliphatic rings. The first-order valence-electron chi connectivity index (χ1n) is 9.37. The largest absolute Gasteiger partial charge is 0.455 e. The summed E-state index contributed by atoms with van der Waals surface area (Å²) >= 11 is 2.84. The minimum Gasteiger partial charge on any atom is -0.455 e. The normalized spacial score (nSPS) is 10.9. The lowest BCUT2D eigenvalue weighted by Gasteiger charge is -2.03. The summed E-state index contributed by atoms with van der Waals surface area (Å²) < 4.78 is 20.2. The first kappa shape index (κ1) is 21.1. The number of nitrogens with zero attached hydrogens (tertiary/aromatic N) is 1. The van der Waals surface area contributed by atoms with Gasteiger partial charge < -0.3 is 15.1 Å². The molecule has 4 aromatic rings. The van der Waals surface area contributed by atoms with Gasteiger partial charge in [0.25, 0.3) is 5.91 Å². The third-order valence-corrected chi connectivity index (χ3v) is 6.21. The van der Waals surface area contributed by atoms with Crippen molar-refractivity contribution < 1.29 is 18.4 Å². The average molecular weight is 456 g/mol. The summed E-state index contributed by atoms with van der Waals surface area (Å²) in [7, 11) is 0. The highest BCUT2D eigenvalue weighted by Crippen LogP contribution is 2.29. The molecule has 158 valence electrons. The van der Waals surface area contributed by atoms with Crippen LogP contribution in [0.2, 0.25) is 0 Å². The maximum Gasteiger partial charge on any atom is 0.291 e. The number of carbonyl (C=O) groups is 2. The van der Waals surface area contributed by atoms with E-state index in [4.69, 9.17) is 4.42 Å². The van der Waals surface area contributed by atoms with Crippen LogP contribution in [0, 0.1) is 5.82 Å². The van der Waals surface area contributed by atoms with Crippen molar-refractivity contribution in [1.29, 1.82) is 0 Å². The maximum absolute atomic E-state index is 13.7. The van der Waals surface area contributed by atoms with Gasteiger partial charge in [-0.2, -0.15) is 0 Å². The number of anilines is 2. The molecule has 2 aromatic heterocycles. The topological polar surface area (TPSA) is 84.2 Å². The number of furan rings is 1. The lowest BCUT2D eigenvalue weighted by Crippen LogP contribution is -2.10. The number of carbonyl (C=O) groups excluding carboxylic acids is 2. The number of benzene rings is 2. The van der Waals surface area contributed by atoms with Crippen LogP contribution < -0.4 is 10.6 Å². The van der Waals surface area contributed by atoms with Crippen LogP contribution in [0.5, 0.6) is 0 Å². The minimum absolute atomic E-state index is 0.187. The van der Waals surface area contributed by atoms with Crippen LogP contribution in [0.1, 0.15) is 28.8 Å². The molecule has 0 unspecified atom stereocenters. The second-order valence-corrected chi connectivity index (χ2v) is 8.70. The predicted octanol–water partition coefficient (Wildman–Crippen LogP) is 5.67. The fraction of sp³-hybridized carbons (Fsp3) is 0.136. The van der Waals surface area contributed by atoms with E-state index in [2.05, 4.69) is 15.6 Å². The summed E-state index contributed by atoms with van der Waals surface area (Å²) in [4.78, 5) is 28.0. The summed E-state index contributed by atoms with van der Waals surface area (Å²) in [5.74, 6) is 1.11. The molecule has 0 fully saturated rings. The van der Waals surface area contributed by atoms with E-state index in [-0.39, 0.29) is 23.4 Å². The number of halogens is 1. The van der Waals surface area contributed by atoms with Gasteiger partial charge in [0.15, 0.2) is 10.9 Å². The molecule has 4 rings (SSSR count). The smallest absolute Gasteiger partial charge is 0.291 e. The molecule has 0 saturated heterocycles. The molecule has 2 aromatic carbocycles. The Morgan fingerprint density at radius 1 is 1.10 bits per heavy atom. The quantitative estimate of drug-likeness (QED) is 0.375. The molecule has 6 nitrogen and oxygen atoms in total. The Kier molecular flexibility index (Phi) is 6.34. The Bertz CT molecular complexity index is 1250. The van der Waals surface area contributed by atoms with E-state index < -0.39 is 0 Å². The first-order chi connectivity index (χ1) is 15.0. The van der Waals surface area contributed by atoms with Crippen molar-refractivity contribution in [1.82, 2.24) is 4.98 Å².